The van der Waals surface area contributed by atoms with E-state index >= 15 is 0 Å². The minimum absolute atomic E-state index is 0.0383. The van der Waals surface area contributed by atoms with Crippen LogP contribution in [0.4, 0.5) is 0 Å². The van der Waals surface area contributed by atoms with Crippen molar-refractivity contribution in [3.05, 3.63) is 18.0 Å². The molecule has 1 aliphatic heterocycles. The average Bonchev–Trinajstić information content (AvgIpc) is 3.03. The van der Waals surface area contributed by atoms with Crippen LogP contribution in [0.5, 0.6) is 0 Å². The zero-order valence-corrected chi connectivity index (χ0v) is 13.4. The van der Waals surface area contributed by atoms with E-state index in [1.54, 1.807) is 17.1 Å². The number of hydrogen-bond acceptors (Lipinski definition) is 4. The first-order valence-corrected chi connectivity index (χ1v) is 8.22. The van der Waals surface area contributed by atoms with Crippen LogP contribution in [0.15, 0.2) is 12.4 Å². The first-order valence-electron chi connectivity index (χ1n) is 8.22. The Labute approximate surface area is 131 Å². The molecule has 1 saturated heterocycles. The molecule has 0 bridgehead atoms. The molecular formula is C16H25N3O3. The van der Waals surface area contributed by atoms with E-state index in [9.17, 15) is 9.90 Å². The number of aromatic nitrogens is 2. The number of aliphatic hydroxyl groups is 1. The van der Waals surface area contributed by atoms with Crippen molar-refractivity contribution in [2.24, 2.45) is 5.41 Å². The molecule has 2 aliphatic rings. The molecule has 0 radical (unpaired) electrons. The summed E-state index contributed by atoms with van der Waals surface area (Å²) in [7, 11) is 0. The molecule has 0 aromatic carbocycles. The lowest BCUT2D eigenvalue weighted by Gasteiger charge is -2.56. The topological polar surface area (TPSA) is 67.6 Å². The zero-order chi connectivity index (χ0) is 15.7. The van der Waals surface area contributed by atoms with Crippen molar-refractivity contribution in [1.29, 1.82) is 0 Å². The van der Waals surface area contributed by atoms with E-state index in [-0.39, 0.29) is 23.5 Å². The third-order valence-corrected chi connectivity index (χ3v) is 5.30. The van der Waals surface area contributed by atoms with E-state index in [4.69, 9.17) is 4.74 Å². The van der Waals surface area contributed by atoms with Gasteiger partial charge in [0.1, 0.15) is 0 Å². The number of piperidine rings is 1. The highest BCUT2D eigenvalue weighted by Crippen LogP contribution is 2.51. The van der Waals surface area contributed by atoms with Crippen LogP contribution < -0.4 is 0 Å². The predicted octanol–water partition coefficient (Wildman–Crippen LogP) is 1.30. The fraction of sp³-hybridized carbons (Fsp3) is 0.750. The van der Waals surface area contributed by atoms with Crippen molar-refractivity contribution >= 4 is 5.91 Å². The molecule has 22 heavy (non-hydrogen) atoms. The van der Waals surface area contributed by atoms with Gasteiger partial charge in [0.2, 0.25) is 0 Å². The maximum Gasteiger partial charge on any atom is 0.257 e. The number of carbonyl (C=O) groups is 1. The molecule has 6 nitrogen and oxygen atoms in total. The summed E-state index contributed by atoms with van der Waals surface area (Å²) in [5.74, 6) is 0.0383. The number of nitrogens with zero attached hydrogens (tertiary/aromatic N) is 3. The summed E-state index contributed by atoms with van der Waals surface area (Å²) in [5.41, 5.74) is 0.508. The summed E-state index contributed by atoms with van der Waals surface area (Å²) >= 11 is 0. The molecular weight excluding hydrogens is 282 g/mol. The molecule has 1 N–H and O–H groups in total. The molecule has 1 saturated carbocycles. The normalized spacial score (nSPS) is 27.0. The van der Waals surface area contributed by atoms with Gasteiger partial charge in [-0.2, -0.15) is 5.10 Å². The van der Waals surface area contributed by atoms with Crippen molar-refractivity contribution in [3.63, 3.8) is 0 Å². The SMILES string of the molecule is CCO[C@H]1C[C@H](O)C12CCN(C(=O)c1cnn(CC)c1)CC2. The lowest BCUT2D eigenvalue weighted by Crippen LogP contribution is -2.62. The lowest BCUT2D eigenvalue weighted by molar-refractivity contribution is -0.207. The Hall–Kier alpha value is -1.40. The fourth-order valence-corrected chi connectivity index (χ4v) is 3.77. The highest BCUT2D eigenvalue weighted by atomic mass is 16.5. The maximum absolute atomic E-state index is 12.5. The average molecular weight is 307 g/mol. The summed E-state index contributed by atoms with van der Waals surface area (Å²) in [4.78, 5) is 14.4. The molecule has 0 unspecified atom stereocenters. The van der Waals surface area contributed by atoms with E-state index in [0.29, 0.717) is 25.3 Å². The maximum atomic E-state index is 12.5. The Morgan fingerprint density at radius 3 is 2.73 bits per heavy atom. The largest absolute Gasteiger partial charge is 0.392 e. The Balaban J connectivity index is 1.62. The van der Waals surface area contributed by atoms with Gasteiger partial charge in [-0.25, -0.2) is 0 Å². The summed E-state index contributed by atoms with van der Waals surface area (Å²) in [6, 6.07) is 0. The third-order valence-electron chi connectivity index (χ3n) is 5.30. The molecule has 2 atom stereocenters. The van der Waals surface area contributed by atoms with Gasteiger partial charge in [0.25, 0.3) is 5.91 Å². The molecule has 1 aromatic rings. The molecule has 1 aromatic heterocycles. The van der Waals surface area contributed by atoms with Gasteiger partial charge in [-0.3, -0.25) is 9.48 Å². The molecule has 2 fully saturated rings. The first-order chi connectivity index (χ1) is 10.6. The number of amides is 1. The van der Waals surface area contributed by atoms with E-state index in [2.05, 4.69) is 5.10 Å². The van der Waals surface area contributed by atoms with Gasteiger partial charge in [0, 0.05) is 44.3 Å². The Kier molecular flexibility index (Phi) is 4.23. The minimum Gasteiger partial charge on any atom is -0.392 e. The number of likely N-dealkylation sites (tertiary alicyclic amines) is 1. The monoisotopic (exact) mass is 307 g/mol. The molecule has 1 amide bonds. The molecule has 1 aliphatic carbocycles. The first kappa shape index (κ1) is 15.5. The fourth-order valence-electron chi connectivity index (χ4n) is 3.77. The second kappa shape index (κ2) is 6.01. The Morgan fingerprint density at radius 2 is 2.18 bits per heavy atom. The quantitative estimate of drug-likeness (QED) is 0.910. The van der Waals surface area contributed by atoms with E-state index in [0.717, 1.165) is 25.8 Å². The lowest BCUT2D eigenvalue weighted by atomic mass is 9.58. The Morgan fingerprint density at radius 1 is 1.45 bits per heavy atom. The molecule has 1 spiro atoms. The standard InChI is InChI=1S/C16H25N3O3/c1-3-19-11-12(10-17-19)15(21)18-7-5-16(6-8-18)13(20)9-14(16)22-4-2/h10-11,13-14,20H,3-9H2,1-2H3/t13-,14-/m0/s1. The van der Waals surface area contributed by atoms with Crippen LogP contribution in [-0.2, 0) is 11.3 Å². The van der Waals surface area contributed by atoms with Crippen LogP contribution in [0.1, 0.15) is 43.5 Å². The van der Waals surface area contributed by atoms with Crippen LogP contribution >= 0.6 is 0 Å². The van der Waals surface area contributed by atoms with Crippen LogP contribution in [0.25, 0.3) is 0 Å². The van der Waals surface area contributed by atoms with Gasteiger partial charge >= 0.3 is 0 Å². The predicted molar refractivity (Wildman–Crippen MR) is 81.5 cm³/mol. The van der Waals surface area contributed by atoms with Gasteiger partial charge in [-0.1, -0.05) is 0 Å². The summed E-state index contributed by atoms with van der Waals surface area (Å²) < 4.78 is 7.53. The van der Waals surface area contributed by atoms with Crippen molar-refractivity contribution in [2.75, 3.05) is 19.7 Å². The zero-order valence-electron chi connectivity index (χ0n) is 13.4. The smallest absolute Gasteiger partial charge is 0.257 e. The van der Waals surface area contributed by atoms with Crippen LogP contribution in [0, 0.1) is 5.41 Å². The van der Waals surface area contributed by atoms with Crippen molar-refractivity contribution < 1.29 is 14.6 Å². The highest BCUT2D eigenvalue weighted by Gasteiger charge is 2.56. The summed E-state index contributed by atoms with van der Waals surface area (Å²) in [5, 5.41) is 14.4. The van der Waals surface area contributed by atoms with Gasteiger partial charge in [-0.15, -0.1) is 0 Å². The van der Waals surface area contributed by atoms with Crippen LogP contribution in [0.2, 0.25) is 0 Å². The highest BCUT2D eigenvalue weighted by molar-refractivity contribution is 5.93. The number of rotatable bonds is 4. The Bertz CT molecular complexity index is 532. The number of hydrogen-bond donors (Lipinski definition) is 1. The third kappa shape index (κ3) is 2.44. The molecule has 2 heterocycles. The second-order valence-corrected chi connectivity index (χ2v) is 6.31. The van der Waals surface area contributed by atoms with Crippen LogP contribution in [-0.4, -0.2) is 57.6 Å². The number of ether oxygens (including phenoxy) is 1. The number of carbonyl (C=O) groups excluding carboxylic acids is 1. The number of aliphatic hydroxyl groups excluding tert-OH is 1. The summed E-state index contributed by atoms with van der Waals surface area (Å²) in [6.07, 6.45) is 5.65. The van der Waals surface area contributed by atoms with Crippen molar-refractivity contribution in [1.82, 2.24) is 14.7 Å². The minimum atomic E-state index is -0.288. The number of aryl methyl sites for hydroxylation is 1. The van der Waals surface area contributed by atoms with E-state index in [1.165, 1.54) is 0 Å². The van der Waals surface area contributed by atoms with Gasteiger partial charge < -0.3 is 14.7 Å². The summed E-state index contributed by atoms with van der Waals surface area (Å²) in [6.45, 7) is 6.78. The van der Waals surface area contributed by atoms with Crippen molar-refractivity contribution in [3.8, 4) is 0 Å². The van der Waals surface area contributed by atoms with Crippen LogP contribution in [0.3, 0.4) is 0 Å². The second-order valence-electron chi connectivity index (χ2n) is 6.31. The molecule has 122 valence electrons. The van der Waals surface area contributed by atoms with Gasteiger partial charge in [-0.05, 0) is 26.7 Å². The van der Waals surface area contributed by atoms with Crippen molar-refractivity contribution in [2.45, 2.75) is 51.9 Å². The van der Waals surface area contributed by atoms with E-state index in [1.807, 2.05) is 18.7 Å². The molecule has 6 heteroatoms. The van der Waals surface area contributed by atoms with Gasteiger partial charge in [0.15, 0.2) is 0 Å². The molecule has 3 rings (SSSR count). The van der Waals surface area contributed by atoms with E-state index < -0.39 is 0 Å². The van der Waals surface area contributed by atoms with Gasteiger partial charge in [0.05, 0.1) is 24.0 Å².